The van der Waals surface area contributed by atoms with Crippen LogP contribution in [0.2, 0.25) is 10.0 Å². The van der Waals surface area contributed by atoms with Crippen LogP contribution in [0.4, 0.5) is 10.6 Å². The van der Waals surface area contributed by atoms with Gasteiger partial charge in [-0.1, -0.05) is 29.3 Å². The van der Waals surface area contributed by atoms with E-state index in [1.54, 1.807) is 12.3 Å². The van der Waals surface area contributed by atoms with Gasteiger partial charge in [0, 0.05) is 29.2 Å². The van der Waals surface area contributed by atoms with E-state index in [9.17, 15) is 4.79 Å². The Morgan fingerprint density at radius 2 is 1.64 bits per heavy atom. The highest BCUT2D eigenvalue weighted by atomic mass is 35.5. The lowest BCUT2D eigenvalue weighted by Crippen LogP contribution is -2.46. The summed E-state index contributed by atoms with van der Waals surface area (Å²) in [6.07, 6.45) is 3.04. The highest BCUT2D eigenvalue weighted by Gasteiger charge is 2.24. The maximum absolute atomic E-state index is 12.0. The number of hydrogen-bond acceptors (Lipinski definition) is 5. The number of anilines is 1. The molecule has 0 atom stereocenters. The summed E-state index contributed by atoms with van der Waals surface area (Å²) in [5, 5.41) is 4.15. The quantitative estimate of drug-likeness (QED) is 0.369. The third-order valence-corrected chi connectivity index (χ3v) is 6.18. The predicted octanol–water partition coefficient (Wildman–Crippen LogP) is 7.65. The first kappa shape index (κ1) is 26.1. The van der Waals surface area contributed by atoms with Crippen molar-refractivity contribution in [3.05, 3.63) is 70.3 Å². The molecule has 0 radical (unpaired) electrons. The minimum Gasteiger partial charge on any atom is -0.456 e. The maximum atomic E-state index is 12.0. The van der Waals surface area contributed by atoms with E-state index in [1.807, 2.05) is 64.1 Å². The van der Waals surface area contributed by atoms with Gasteiger partial charge in [-0.2, -0.15) is 0 Å². The van der Waals surface area contributed by atoms with E-state index >= 15 is 0 Å². The fourth-order valence-corrected chi connectivity index (χ4v) is 4.70. The van der Waals surface area contributed by atoms with Crippen molar-refractivity contribution in [1.82, 2.24) is 10.3 Å². The monoisotopic (exact) mass is 527 g/mol. The van der Waals surface area contributed by atoms with Gasteiger partial charge in [0.25, 0.3) is 0 Å². The van der Waals surface area contributed by atoms with Crippen molar-refractivity contribution in [2.24, 2.45) is 0 Å². The van der Waals surface area contributed by atoms with Gasteiger partial charge in [0.15, 0.2) is 0 Å². The van der Waals surface area contributed by atoms with Crippen LogP contribution in [0, 0.1) is 6.92 Å². The summed E-state index contributed by atoms with van der Waals surface area (Å²) in [6.45, 7) is 9.21. The van der Waals surface area contributed by atoms with Crippen molar-refractivity contribution in [3.8, 4) is 22.6 Å². The Bertz CT molecular complexity index is 1200. The predicted molar refractivity (Wildman–Crippen MR) is 146 cm³/mol. The smallest absolute Gasteiger partial charge is 0.407 e. The molecule has 1 fully saturated rings. The zero-order chi connectivity index (χ0) is 25.9. The minimum absolute atomic E-state index is 0.101. The van der Waals surface area contributed by atoms with E-state index in [1.165, 1.54) is 0 Å². The van der Waals surface area contributed by atoms with Crippen molar-refractivity contribution in [2.45, 2.75) is 52.2 Å². The number of amides is 1. The number of carbonyl (C=O) groups excluding carboxylic acids is 1. The standard InChI is InChI=1S/C28H31Cl2N3O3/c1-18-11-19(20-13-21(29)16-22(30)14-20)15-25(12-18)35-24-5-6-26(31-17-24)33-9-7-23(8-10-33)32-27(34)36-28(2,3)4/h5-6,11-17,23H,7-10H2,1-4H3,(H,32,34). The molecule has 0 aliphatic carbocycles. The van der Waals surface area contributed by atoms with E-state index in [-0.39, 0.29) is 12.1 Å². The van der Waals surface area contributed by atoms with Crippen LogP contribution in [0.15, 0.2) is 54.7 Å². The van der Waals surface area contributed by atoms with Gasteiger partial charge in [0.05, 0.1) is 6.20 Å². The molecule has 0 spiro atoms. The molecule has 8 heteroatoms. The highest BCUT2D eigenvalue weighted by Crippen LogP contribution is 2.32. The largest absolute Gasteiger partial charge is 0.456 e. The van der Waals surface area contributed by atoms with Crippen molar-refractivity contribution >= 4 is 35.1 Å². The Morgan fingerprint density at radius 1 is 0.972 bits per heavy atom. The number of aromatic nitrogens is 1. The Balaban J connectivity index is 1.36. The minimum atomic E-state index is -0.498. The van der Waals surface area contributed by atoms with Crippen molar-refractivity contribution < 1.29 is 14.3 Å². The molecule has 3 aromatic rings. The van der Waals surface area contributed by atoms with Crippen LogP contribution in [-0.2, 0) is 4.74 Å². The fourth-order valence-electron chi connectivity index (χ4n) is 4.18. The third-order valence-electron chi connectivity index (χ3n) is 5.74. The molecule has 0 bridgehead atoms. The van der Waals surface area contributed by atoms with Crippen LogP contribution in [0.25, 0.3) is 11.1 Å². The summed E-state index contributed by atoms with van der Waals surface area (Å²) in [5.41, 5.74) is 2.47. The number of rotatable bonds is 5. The second-order valence-electron chi connectivity index (χ2n) is 10.1. The molecule has 190 valence electrons. The first-order valence-electron chi connectivity index (χ1n) is 12.0. The molecule has 1 N–H and O–H groups in total. The number of carbonyl (C=O) groups is 1. The zero-order valence-corrected chi connectivity index (χ0v) is 22.5. The van der Waals surface area contributed by atoms with Gasteiger partial charge in [0.2, 0.25) is 0 Å². The number of hydrogen-bond donors (Lipinski definition) is 1. The second-order valence-corrected chi connectivity index (χ2v) is 10.9. The van der Waals surface area contributed by atoms with Gasteiger partial charge < -0.3 is 19.7 Å². The molecule has 0 saturated carbocycles. The Labute approximate surface area is 222 Å². The third kappa shape index (κ3) is 7.28. The normalized spacial score (nSPS) is 14.4. The first-order chi connectivity index (χ1) is 17.0. The lowest BCUT2D eigenvalue weighted by Gasteiger charge is -2.33. The zero-order valence-electron chi connectivity index (χ0n) is 21.0. The van der Waals surface area contributed by atoms with Crippen molar-refractivity contribution in [3.63, 3.8) is 0 Å². The molecular weight excluding hydrogens is 497 g/mol. The van der Waals surface area contributed by atoms with Crippen LogP contribution in [0.1, 0.15) is 39.2 Å². The molecule has 1 aliphatic rings. The number of nitrogens with zero attached hydrogens (tertiary/aromatic N) is 2. The molecule has 1 saturated heterocycles. The van der Waals surface area contributed by atoms with E-state index in [2.05, 4.69) is 21.3 Å². The number of alkyl carbamates (subject to hydrolysis) is 1. The SMILES string of the molecule is Cc1cc(Oc2ccc(N3CCC(NC(=O)OC(C)(C)C)CC3)nc2)cc(-c2cc(Cl)cc(Cl)c2)c1. The average molecular weight is 528 g/mol. The van der Waals surface area contributed by atoms with E-state index in [0.717, 1.165) is 48.4 Å². The fraction of sp³-hybridized carbons (Fsp3) is 0.357. The van der Waals surface area contributed by atoms with Gasteiger partial charge >= 0.3 is 6.09 Å². The molecular formula is C28H31Cl2N3O3. The summed E-state index contributed by atoms with van der Waals surface area (Å²) in [4.78, 5) is 18.9. The molecule has 36 heavy (non-hydrogen) atoms. The van der Waals surface area contributed by atoms with Crippen LogP contribution in [0.5, 0.6) is 11.5 Å². The number of aryl methyl sites for hydroxylation is 1. The summed E-state index contributed by atoms with van der Waals surface area (Å²) in [5.74, 6) is 2.25. The van der Waals surface area contributed by atoms with Gasteiger partial charge in [-0.3, -0.25) is 0 Å². The summed E-state index contributed by atoms with van der Waals surface area (Å²) < 4.78 is 11.5. The van der Waals surface area contributed by atoms with Crippen molar-refractivity contribution in [1.29, 1.82) is 0 Å². The van der Waals surface area contributed by atoms with Crippen LogP contribution >= 0.6 is 23.2 Å². The molecule has 0 unspecified atom stereocenters. The van der Waals surface area contributed by atoms with Gasteiger partial charge in [0.1, 0.15) is 22.9 Å². The molecule has 1 amide bonds. The number of benzene rings is 2. The molecule has 2 aromatic carbocycles. The Hall–Kier alpha value is -2.96. The first-order valence-corrected chi connectivity index (χ1v) is 12.8. The van der Waals surface area contributed by atoms with Crippen molar-refractivity contribution in [2.75, 3.05) is 18.0 Å². The second kappa shape index (κ2) is 11.0. The topological polar surface area (TPSA) is 63.7 Å². The van der Waals surface area contributed by atoms with Crippen LogP contribution < -0.4 is 15.0 Å². The molecule has 1 aromatic heterocycles. The number of nitrogens with one attached hydrogen (secondary N) is 1. The average Bonchev–Trinajstić information content (AvgIpc) is 2.78. The van der Waals surface area contributed by atoms with Crippen LogP contribution in [-0.4, -0.2) is 35.8 Å². The molecule has 2 heterocycles. The van der Waals surface area contributed by atoms with E-state index in [4.69, 9.17) is 32.7 Å². The van der Waals surface area contributed by atoms with Gasteiger partial charge in [-0.25, -0.2) is 9.78 Å². The maximum Gasteiger partial charge on any atom is 0.407 e. The summed E-state index contributed by atoms with van der Waals surface area (Å²) >= 11 is 12.4. The van der Waals surface area contributed by atoms with Gasteiger partial charge in [-0.05, 0) is 99.7 Å². The van der Waals surface area contributed by atoms with Gasteiger partial charge in [-0.15, -0.1) is 0 Å². The lowest BCUT2D eigenvalue weighted by molar-refractivity contribution is 0.0497. The number of piperidine rings is 1. The highest BCUT2D eigenvalue weighted by molar-refractivity contribution is 6.35. The molecule has 1 aliphatic heterocycles. The van der Waals surface area contributed by atoms with E-state index in [0.29, 0.717) is 21.5 Å². The number of pyridine rings is 1. The molecule has 4 rings (SSSR count). The number of ether oxygens (including phenoxy) is 2. The Morgan fingerprint density at radius 3 is 2.25 bits per heavy atom. The Kier molecular flexibility index (Phi) is 7.96. The lowest BCUT2D eigenvalue weighted by atomic mass is 10.0. The molecule has 6 nitrogen and oxygen atoms in total. The van der Waals surface area contributed by atoms with E-state index < -0.39 is 5.60 Å². The van der Waals surface area contributed by atoms with Crippen LogP contribution in [0.3, 0.4) is 0 Å². The summed E-state index contributed by atoms with van der Waals surface area (Å²) in [6, 6.07) is 15.5. The summed E-state index contributed by atoms with van der Waals surface area (Å²) in [7, 11) is 0. The number of halogens is 2.